The van der Waals surface area contributed by atoms with E-state index in [-0.39, 0.29) is 23.6 Å². The molecule has 0 saturated heterocycles. The smallest absolute Gasteiger partial charge is 0.338 e. The van der Waals surface area contributed by atoms with Crippen LogP contribution in [0, 0.1) is 6.92 Å². The summed E-state index contributed by atoms with van der Waals surface area (Å²) in [4.78, 5) is 38.7. The lowest BCUT2D eigenvalue weighted by atomic mass is 10.1. The second kappa shape index (κ2) is 10.4. The van der Waals surface area contributed by atoms with Crippen LogP contribution in [-0.2, 0) is 4.74 Å². The Morgan fingerprint density at radius 1 is 0.868 bits per heavy atom. The van der Waals surface area contributed by atoms with Crippen molar-refractivity contribution in [1.82, 2.24) is 5.16 Å². The molecular weight excluding hydrogens is 486 g/mol. The van der Waals surface area contributed by atoms with E-state index in [9.17, 15) is 14.4 Å². The van der Waals surface area contributed by atoms with Gasteiger partial charge >= 0.3 is 5.97 Å². The van der Waals surface area contributed by atoms with E-state index in [1.54, 1.807) is 62.4 Å². The minimum atomic E-state index is -0.578. The van der Waals surface area contributed by atoms with Gasteiger partial charge in [0, 0.05) is 16.6 Å². The number of aryl methyl sites for hydroxylation is 1. The molecule has 2 heterocycles. The zero-order valence-corrected chi connectivity index (χ0v) is 20.6. The van der Waals surface area contributed by atoms with Gasteiger partial charge in [-0.15, -0.1) is 0 Å². The van der Waals surface area contributed by atoms with Crippen molar-refractivity contribution in [2.75, 3.05) is 17.2 Å². The molecule has 0 aliphatic heterocycles. The molecule has 3 aromatic carbocycles. The molecule has 5 aromatic rings. The van der Waals surface area contributed by atoms with Crippen LogP contribution in [0.4, 0.5) is 11.4 Å². The number of esters is 1. The summed E-state index contributed by atoms with van der Waals surface area (Å²) in [6, 6.07) is 22.4. The van der Waals surface area contributed by atoms with Crippen molar-refractivity contribution >= 4 is 40.1 Å². The number of hydrogen-bond acceptors (Lipinski definition) is 7. The van der Waals surface area contributed by atoms with Crippen molar-refractivity contribution in [1.29, 1.82) is 0 Å². The summed E-state index contributed by atoms with van der Waals surface area (Å²) in [5.41, 5.74) is 2.78. The topological polar surface area (TPSA) is 124 Å². The fraction of sp³-hybridized carbons (Fsp3) is 0.103. The van der Waals surface area contributed by atoms with Crippen LogP contribution < -0.4 is 10.6 Å². The quantitative estimate of drug-likeness (QED) is 0.255. The number of rotatable bonds is 7. The average Bonchev–Trinajstić information content (AvgIpc) is 3.50. The first-order valence-corrected chi connectivity index (χ1v) is 11.9. The number of ether oxygens (including phenoxy) is 1. The molecule has 190 valence electrons. The van der Waals surface area contributed by atoms with Crippen LogP contribution >= 0.6 is 0 Å². The number of carbonyl (C=O) groups is 3. The van der Waals surface area contributed by atoms with E-state index >= 15 is 0 Å². The number of para-hydroxylation sites is 1. The number of amides is 2. The minimum Gasteiger partial charge on any atom is -0.462 e. The van der Waals surface area contributed by atoms with E-state index in [1.165, 1.54) is 0 Å². The lowest BCUT2D eigenvalue weighted by Gasteiger charge is -2.08. The first-order chi connectivity index (χ1) is 18.5. The molecule has 0 unspecified atom stereocenters. The third-order valence-electron chi connectivity index (χ3n) is 5.82. The van der Waals surface area contributed by atoms with Crippen molar-refractivity contribution < 1.29 is 28.1 Å². The Balaban J connectivity index is 1.45. The normalized spacial score (nSPS) is 10.8. The zero-order valence-electron chi connectivity index (χ0n) is 20.6. The Labute approximate surface area is 217 Å². The maximum Gasteiger partial charge on any atom is 0.338 e. The van der Waals surface area contributed by atoms with E-state index in [2.05, 4.69) is 15.8 Å². The number of furan rings is 1. The van der Waals surface area contributed by atoms with Crippen LogP contribution in [0.3, 0.4) is 0 Å². The molecule has 0 fully saturated rings. The molecule has 0 radical (unpaired) electrons. The van der Waals surface area contributed by atoms with E-state index in [1.807, 2.05) is 30.3 Å². The van der Waals surface area contributed by atoms with Gasteiger partial charge in [-0.1, -0.05) is 47.6 Å². The molecule has 2 amide bonds. The van der Waals surface area contributed by atoms with E-state index in [0.717, 1.165) is 0 Å². The highest BCUT2D eigenvalue weighted by atomic mass is 16.5. The van der Waals surface area contributed by atoms with Gasteiger partial charge in [0.05, 0.1) is 17.9 Å². The van der Waals surface area contributed by atoms with Gasteiger partial charge in [0.15, 0.2) is 5.76 Å². The van der Waals surface area contributed by atoms with Crippen LogP contribution in [0.25, 0.3) is 22.3 Å². The van der Waals surface area contributed by atoms with Crippen molar-refractivity contribution in [2.24, 2.45) is 0 Å². The van der Waals surface area contributed by atoms with Crippen LogP contribution in [0.2, 0.25) is 0 Å². The molecule has 9 heteroatoms. The Bertz CT molecular complexity index is 1630. The highest BCUT2D eigenvalue weighted by molar-refractivity contribution is 6.18. The van der Waals surface area contributed by atoms with Crippen molar-refractivity contribution in [3.63, 3.8) is 0 Å². The van der Waals surface area contributed by atoms with Gasteiger partial charge in [0.1, 0.15) is 16.8 Å². The van der Waals surface area contributed by atoms with Gasteiger partial charge in [-0.05, 0) is 50.2 Å². The Morgan fingerprint density at radius 3 is 2.32 bits per heavy atom. The Kier molecular flexibility index (Phi) is 6.73. The van der Waals surface area contributed by atoms with Gasteiger partial charge in [-0.2, -0.15) is 0 Å². The standard InChI is InChI=1S/C29H23N3O6/c1-3-36-29(35)19-13-15-20(16-14-19)30-28(34)26-24(21-11-7-8-12-22(21)37-26)31-27(33)23-17(2)32-38-25(23)18-9-5-4-6-10-18/h4-16H,3H2,1-2H3,(H,30,34)(H,31,33). The SMILES string of the molecule is CCOC(=O)c1ccc(NC(=O)c2oc3ccccc3c2NC(=O)c2c(C)noc2-c2ccccc2)cc1. The third kappa shape index (κ3) is 4.77. The number of nitrogens with one attached hydrogen (secondary N) is 2. The molecule has 0 bridgehead atoms. The molecular formula is C29H23N3O6. The van der Waals surface area contributed by atoms with Crippen molar-refractivity contribution in [2.45, 2.75) is 13.8 Å². The molecule has 0 aliphatic rings. The molecule has 0 aliphatic carbocycles. The molecule has 2 aromatic heterocycles. The van der Waals surface area contributed by atoms with Gasteiger partial charge < -0.3 is 24.3 Å². The van der Waals surface area contributed by atoms with Gasteiger partial charge in [0.25, 0.3) is 11.8 Å². The Morgan fingerprint density at radius 2 is 1.58 bits per heavy atom. The highest BCUT2D eigenvalue weighted by Crippen LogP contribution is 2.33. The van der Waals surface area contributed by atoms with Gasteiger partial charge in [-0.3, -0.25) is 9.59 Å². The number of anilines is 2. The summed E-state index contributed by atoms with van der Waals surface area (Å²) >= 11 is 0. The van der Waals surface area contributed by atoms with E-state index < -0.39 is 17.8 Å². The first kappa shape index (κ1) is 24.5. The Hall–Kier alpha value is -5.18. The fourth-order valence-corrected chi connectivity index (χ4v) is 4.02. The van der Waals surface area contributed by atoms with Crippen molar-refractivity contribution in [3.8, 4) is 11.3 Å². The van der Waals surface area contributed by atoms with Crippen LogP contribution in [0.15, 0.2) is 87.8 Å². The molecule has 5 rings (SSSR count). The molecule has 2 N–H and O–H groups in total. The molecule has 0 atom stereocenters. The number of benzene rings is 3. The lowest BCUT2D eigenvalue weighted by molar-refractivity contribution is 0.0526. The summed E-state index contributed by atoms with van der Waals surface area (Å²) in [6.07, 6.45) is 0. The third-order valence-corrected chi connectivity index (χ3v) is 5.82. The summed E-state index contributed by atoms with van der Waals surface area (Å²) < 4.78 is 16.3. The van der Waals surface area contributed by atoms with Gasteiger partial charge in [0.2, 0.25) is 5.76 Å². The molecule has 9 nitrogen and oxygen atoms in total. The van der Waals surface area contributed by atoms with Crippen LogP contribution in [0.1, 0.15) is 43.9 Å². The molecule has 0 spiro atoms. The minimum absolute atomic E-state index is 0.0793. The predicted molar refractivity (Wildman–Crippen MR) is 141 cm³/mol. The lowest BCUT2D eigenvalue weighted by Crippen LogP contribution is -2.18. The van der Waals surface area contributed by atoms with E-state index in [4.69, 9.17) is 13.7 Å². The average molecular weight is 510 g/mol. The number of fused-ring (bicyclic) bond motifs is 1. The largest absolute Gasteiger partial charge is 0.462 e. The van der Waals surface area contributed by atoms with E-state index in [0.29, 0.717) is 39.2 Å². The monoisotopic (exact) mass is 509 g/mol. The molecule has 38 heavy (non-hydrogen) atoms. The summed E-state index contributed by atoms with van der Waals surface area (Å²) in [5, 5.41) is 10.1. The number of carbonyl (C=O) groups excluding carboxylic acids is 3. The van der Waals surface area contributed by atoms with Crippen LogP contribution in [-0.4, -0.2) is 29.5 Å². The van der Waals surface area contributed by atoms with Crippen molar-refractivity contribution in [3.05, 3.63) is 101 Å². The number of aromatic nitrogens is 1. The molecule has 0 saturated carbocycles. The maximum atomic E-state index is 13.5. The fourth-order valence-electron chi connectivity index (χ4n) is 4.02. The second-order valence-electron chi connectivity index (χ2n) is 8.35. The maximum absolute atomic E-state index is 13.5. The summed E-state index contributed by atoms with van der Waals surface area (Å²) in [6.45, 7) is 3.66. The van der Waals surface area contributed by atoms with Crippen LogP contribution in [0.5, 0.6) is 0 Å². The predicted octanol–water partition coefficient (Wildman–Crippen LogP) is 6.08. The second-order valence-corrected chi connectivity index (χ2v) is 8.35. The number of hydrogen-bond donors (Lipinski definition) is 2. The number of nitrogens with zero attached hydrogens (tertiary/aromatic N) is 1. The first-order valence-electron chi connectivity index (χ1n) is 11.9. The van der Waals surface area contributed by atoms with Gasteiger partial charge in [-0.25, -0.2) is 4.79 Å². The summed E-state index contributed by atoms with van der Waals surface area (Å²) in [5.74, 6) is -1.29. The summed E-state index contributed by atoms with van der Waals surface area (Å²) in [7, 11) is 0. The zero-order chi connectivity index (χ0) is 26.6. The highest BCUT2D eigenvalue weighted by Gasteiger charge is 2.27.